The SMILES string of the molecule is CCN1CCc2c(sc3c2C(=O)N[C@@H](c2ccccn2)N3)C1. The lowest BCUT2D eigenvalue weighted by molar-refractivity contribution is 0.0934. The molecule has 5 nitrogen and oxygen atoms in total. The van der Waals surface area contributed by atoms with Crippen LogP contribution in [0.2, 0.25) is 0 Å². The van der Waals surface area contributed by atoms with Gasteiger partial charge in [0.1, 0.15) is 11.2 Å². The van der Waals surface area contributed by atoms with E-state index < -0.39 is 0 Å². The maximum atomic E-state index is 12.6. The number of thiophene rings is 1. The zero-order valence-electron chi connectivity index (χ0n) is 12.4. The lowest BCUT2D eigenvalue weighted by Crippen LogP contribution is -2.39. The molecule has 0 saturated carbocycles. The van der Waals surface area contributed by atoms with E-state index in [-0.39, 0.29) is 12.1 Å². The molecule has 2 aromatic heterocycles. The van der Waals surface area contributed by atoms with Gasteiger partial charge in [0.15, 0.2) is 0 Å². The monoisotopic (exact) mass is 314 g/mol. The second kappa shape index (κ2) is 5.37. The minimum absolute atomic E-state index is 0.0202. The van der Waals surface area contributed by atoms with E-state index in [9.17, 15) is 4.79 Å². The van der Waals surface area contributed by atoms with Crippen molar-refractivity contribution < 1.29 is 4.79 Å². The predicted molar refractivity (Wildman–Crippen MR) is 87.0 cm³/mol. The number of nitrogens with zero attached hydrogens (tertiary/aromatic N) is 2. The average Bonchev–Trinajstić information content (AvgIpc) is 2.93. The van der Waals surface area contributed by atoms with Gasteiger partial charge in [0, 0.05) is 24.2 Å². The Hall–Kier alpha value is -1.92. The summed E-state index contributed by atoms with van der Waals surface area (Å²) in [7, 11) is 0. The van der Waals surface area contributed by atoms with Gasteiger partial charge in [0.25, 0.3) is 5.91 Å². The summed E-state index contributed by atoms with van der Waals surface area (Å²) in [4.78, 5) is 20.6. The Bertz CT molecular complexity index is 712. The number of fused-ring (bicyclic) bond motifs is 3. The number of aromatic nitrogens is 1. The molecule has 2 N–H and O–H groups in total. The molecule has 1 atom stereocenters. The first-order valence-corrected chi connectivity index (χ1v) is 8.43. The van der Waals surface area contributed by atoms with Gasteiger partial charge >= 0.3 is 0 Å². The highest BCUT2D eigenvalue weighted by molar-refractivity contribution is 7.16. The molecule has 1 amide bonds. The van der Waals surface area contributed by atoms with E-state index in [0.29, 0.717) is 0 Å². The summed E-state index contributed by atoms with van der Waals surface area (Å²) >= 11 is 1.72. The zero-order valence-corrected chi connectivity index (χ0v) is 13.2. The molecule has 0 fully saturated rings. The zero-order chi connectivity index (χ0) is 15.1. The van der Waals surface area contributed by atoms with Crippen molar-refractivity contribution in [2.75, 3.05) is 18.4 Å². The fourth-order valence-electron chi connectivity index (χ4n) is 3.13. The Morgan fingerprint density at radius 3 is 3.09 bits per heavy atom. The van der Waals surface area contributed by atoms with E-state index in [1.807, 2.05) is 18.2 Å². The highest BCUT2D eigenvalue weighted by Crippen LogP contribution is 2.40. The van der Waals surface area contributed by atoms with Crippen LogP contribution in [0.15, 0.2) is 24.4 Å². The van der Waals surface area contributed by atoms with Crippen LogP contribution in [0.25, 0.3) is 0 Å². The molecule has 0 bridgehead atoms. The number of pyridine rings is 1. The first kappa shape index (κ1) is 13.7. The van der Waals surface area contributed by atoms with Crippen LogP contribution in [-0.4, -0.2) is 28.9 Å². The Balaban J connectivity index is 1.68. The van der Waals surface area contributed by atoms with Crippen molar-refractivity contribution >= 4 is 22.2 Å². The molecule has 2 aromatic rings. The summed E-state index contributed by atoms with van der Waals surface area (Å²) in [5.74, 6) is 0.0202. The van der Waals surface area contributed by atoms with Crippen LogP contribution in [0.4, 0.5) is 5.00 Å². The highest BCUT2D eigenvalue weighted by Gasteiger charge is 2.33. The molecule has 4 heterocycles. The lowest BCUT2D eigenvalue weighted by atomic mass is 10.0. The van der Waals surface area contributed by atoms with Gasteiger partial charge in [-0.3, -0.25) is 14.7 Å². The largest absolute Gasteiger partial charge is 0.351 e. The Morgan fingerprint density at radius 2 is 2.32 bits per heavy atom. The smallest absolute Gasteiger partial charge is 0.256 e. The number of likely N-dealkylation sites (N-methyl/N-ethyl adjacent to an activating group) is 1. The molecular formula is C16H18N4OS. The molecular weight excluding hydrogens is 296 g/mol. The van der Waals surface area contributed by atoms with Crippen molar-refractivity contribution in [1.82, 2.24) is 15.2 Å². The van der Waals surface area contributed by atoms with Crippen LogP contribution in [-0.2, 0) is 13.0 Å². The number of nitrogens with one attached hydrogen (secondary N) is 2. The lowest BCUT2D eigenvalue weighted by Gasteiger charge is -2.27. The molecule has 0 spiro atoms. The van der Waals surface area contributed by atoms with Crippen LogP contribution in [0, 0.1) is 0 Å². The number of amides is 1. The molecule has 0 aromatic carbocycles. The third-order valence-corrected chi connectivity index (χ3v) is 5.49. The second-order valence-electron chi connectivity index (χ2n) is 5.63. The van der Waals surface area contributed by atoms with Crippen LogP contribution >= 0.6 is 11.3 Å². The molecule has 0 saturated heterocycles. The van der Waals surface area contributed by atoms with Crippen molar-refractivity contribution in [3.05, 3.63) is 46.1 Å². The number of anilines is 1. The van der Waals surface area contributed by atoms with Crippen LogP contribution in [0.3, 0.4) is 0 Å². The Morgan fingerprint density at radius 1 is 1.41 bits per heavy atom. The number of hydrogen-bond donors (Lipinski definition) is 2. The van der Waals surface area contributed by atoms with Gasteiger partial charge in [-0.05, 0) is 30.7 Å². The van der Waals surface area contributed by atoms with Gasteiger partial charge < -0.3 is 10.6 Å². The van der Waals surface area contributed by atoms with E-state index >= 15 is 0 Å². The first-order valence-electron chi connectivity index (χ1n) is 7.61. The van der Waals surface area contributed by atoms with Crippen molar-refractivity contribution in [1.29, 1.82) is 0 Å². The van der Waals surface area contributed by atoms with Crippen molar-refractivity contribution in [3.8, 4) is 0 Å². The third-order valence-electron chi connectivity index (χ3n) is 4.34. The topological polar surface area (TPSA) is 57.3 Å². The van der Waals surface area contributed by atoms with Crippen molar-refractivity contribution in [2.45, 2.75) is 26.1 Å². The highest BCUT2D eigenvalue weighted by atomic mass is 32.1. The average molecular weight is 314 g/mol. The predicted octanol–water partition coefficient (Wildman–Crippen LogP) is 2.38. The van der Waals surface area contributed by atoms with Gasteiger partial charge in [-0.1, -0.05) is 13.0 Å². The van der Waals surface area contributed by atoms with E-state index in [1.165, 1.54) is 10.4 Å². The summed E-state index contributed by atoms with van der Waals surface area (Å²) in [5, 5.41) is 7.46. The van der Waals surface area contributed by atoms with Crippen molar-refractivity contribution in [2.24, 2.45) is 0 Å². The molecule has 0 unspecified atom stereocenters. The minimum Gasteiger partial charge on any atom is -0.351 e. The van der Waals surface area contributed by atoms with E-state index in [2.05, 4.69) is 27.4 Å². The molecule has 114 valence electrons. The van der Waals surface area contributed by atoms with Crippen LogP contribution in [0.1, 0.15) is 39.6 Å². The van der Waals surface area contributed by atoms with Gasteiger partial charge in [-0.2, -0.15) is 0 Å². The van der Waals surface area contributed by atoms with Crippen LogP contribution < -0.4 is 10.6 Å². The summed E-state index contributed by atoms with van der Waals surface area (Å²) in [6.07, 6.45) is 2.46. The van der Waals surface area contributed by atoms with Crippen molar-refractivity contribution in [3.63, 3.8) is 0 Å². The van der Waals surface area contributed by atoms with E-state index in [0.717, 1.165) is 42.3 Å². The number of rotatable bonds is 2. The van der Waals surface area contributed by atoms with Crippen LogP contribution in [0.5, 0.6) is 0 Å². The van der Waals surface area contributed by atoms with Gasteiger partial charge in [-0.25, -0.2) is 0 Å². The minimum atomic E-state index is -0.247. The third kappa shape index (κ3) is 2.19. The van der Waals surface area contributed by atoms with Gasteiger partial charge in [-0.15, -0.1) is 11.3 Å². The summed E-state index contributed by atoms with van der Waals surface area (Å²) in [6.45, 7) is 5.22. The first-order chi connectivity index (χ1) is 10.8. The summed E-state index contributed by atoms with van der Waals surface area (Å²) in [6, 6.07) is 5.74. The number of hydrogen-bond acceptors (Lipinski definition) is 5. The standard InChI is InChI=1S/C16H18N4OS/c1-2-20-8-6-10-12(9-20)22-16-13(10)15(21)18-14(19-16)11-5-3-4-7-17-11/h3-5,7,14,19H,2,6,8-9H2,1H3,(H,18,21)/t14-/m1/s1. The molecule has 2 aliphatic rings. The molecule has 22 heavy (non-hydrogen) atoms. The number of carbonyl (C=O) groups is 1. The maximum absolute atomic E-state index is 12.6. The normalized spacial score (nSPS) is 20.8. The van der Waals surface area contributed by atoms with E-state index in [4.69, 9.17) is 0 Å². The number of carbonyl (C=O) groups excluding carboxylic acids is 1. The molecule has 6 heteroatoms. The quantitative estimate of drug-likeness (QED) is 0.893. The summed E-state index contributed by atoms with van der Waals surface area (Å²) < 4.78 is 0. The fraction of sp³-hybridized carbons (Fsp3) is 0.375. The van der Waals surface area contributed by atoms with E-state index in [1.54, 1.807) is 17.5 Å². The summed E-state index contributed by atoms with van der Waals surface area (Å²) in [5.41, 5.74) is 2.92. The molecule has 0 aliphatic carbocycles. The van der Waals surface area contributed by atoms with Gasteiger partial charge in [0.2, 0.25) is 0 Å². The molecule has 4 rings (SSSR count). The van der Waals surface area contributed by atoms with Gasteiger partial charge in [0.05, 0.1) is 11.3 Å². The Kier molecular flexibility index (Phi) is 3.35. The Labute approximate surface area is 133 Å². The molecule has 2 aliphatic heterocycles. The second-order valence-corrected chi connectivity index (χ2v) is 6.74. The fourth-order valence-corrected chi connectivity index (χ4v) is 4.45. The molecule has 0 radical (unpaired) electrons. The maximum Gasteiger partial charge on any atom is 0.256 e.